The molecular formula is C17H21ClN2O. The van der Waals surface area contributed by atoms with Crippen LogP contribution in [0.3, 0.4) is 0 Å². The van der Waals surface area contributed by atoms with E-state index < -0.39 is 0 Å². The van der Waals surface area contributed by atoms with E-state index >= 15 is 0 Å². The van der Waals surface area contributed by atoms with Crippen LogP contribution in [0.4, 0.5) is 0 Å². The van der Waals surface area contributed by atoms with Gasteiger partial charge in [0.25, 0.3) is 0 Å². The zero-order valence-corrected chi connectivity index (χ0v) is 13.2. The normalized spacial score (nSPS) is 12.2. The maximum Gasteiger partial charge on any atom is 0.123 e. The summed E-state index contributed by atoms with van der Waals surface area (Å²) in [5.41, 5.74) is 6.42. The number of nitrogens with two attached hydrogens (primary N) is 1. The molecule has 0 saturated carbocycles. The fraction of sp³-hybridized carbons (Fsp3) is 0.294. The van der Waals surface area contributed by atoms with Crippen molar-refractivity contribution in [2.24, 2.45) is 5.84 Å². The van der Waals surface area contributed by atoms with E-state index in [-0.39, 0.29) is 6.04 Å². The Kier molecular flexibility index (Phi) is 5.62. The third kappa shape index (κ3) is 4.21. The second kappa shape index (κ2) is 7.46. The Morgan fingerprint density at radius 1 is 1.24 bits per heavy atom. The van der Waals surface area contributed by atoms with E-state index in [2.05, 4.69) is 36.6 Å². The topological polar surface area (TPSA) is 47.3 Å². The van der Waals surface area contributed by atoms with Gasteiger partial charge in [0.15, 0.2) is 0 Å². The van der Waals surface area contributed by atoms with Crippen LogP contribution >= 0.6 is 11.6 Å². The number of benzene rings is 2. The van der Waals surface area contributed by atoms with Crippen LogP contribution in [-0.4, -0.2) is 7.11 Å². The molecule has 0 saturated heterocycles. The second-order valence-corrected chi connectivity index (χ2v) is 5.57. The van der Waals surface area contributed by atoms with Crippen molar-refractivity contribution in [3.8, 4) is 5.75 Å². The predicted molar refractivity (Wildman–Crippen MR) is 87.6 cm³/mol. The Morgan fingerprint density at radius 3 is 2.71 bits per heavy atom. The van der Waals surface area contributed by atoms with Gasteiger partial charge in [0.2, 0.25) is 0 Å². The van der Waals surface area contributed by atoms with Gasteiger partial charge in [-0.3, -0.25) is 11.3 Å². The van der Waals surface area contributed by atoms with Gasteiger partial charge in [-0.05, 0) is 43.5 Å². The fourth-order valence-corrected chi connectivity index (χ4v) is 2.67. The van der Waals surface area contributed by atoms with Crippen LogP contribution in [0.15, 0.2) is 42.5 Å². The second-order valence-electron chi connectivity index (χ2n) is 5.13. The Bertz CT molecular complexity index is 601. The number of ether oxygens (including phenoxy) is 1. The SMILES string of the molecule is COc1ccc(Cl)cc1C(CCc1cccc(C)c1)NN. The zero-order valence-electron chi connectivity index (χ0n) is 12.4. The molecule has 2 aromatic rings. The van der Waals surface area contributed by atoms with Crippen molar-refractivity contribution in [2.45, 2.75) is 25.8 Å². The lowest BCUT2D eigenvalue weighted by Crippen LogP contribution is -2.28. The third-order valence-electron chi connectivity index (χ3n) is 3.57. The van der Waals surface area contributed by atoms with Gasteiger partial charge in [-0.1, -0.05) is 41.4 Å². The van der Waals surface area contributed by atoms with E-state index in [1.54, 1.807) is 7.11 Å². The van der Waals surface area contributed by atoms with E-state index in [1.807, 2.05) is 18.2 Å². The van der Waals surface area contributed by atoms with Gasteiger partial charge in [-0.25, -0.2) is 0 Å². The summed E-state index contributed by atoms with van der Waals surface area (Å²) >= 11 is 6.09. The molecule has 0 spiro atoms. The average molecular weight is 305 g/mol. The molecule has 1 atom stereocenters. The van der Waals surface area contributed by atoms with Gasteiger partial charge in [-0.2, -0.15) is 0 Å². The molecule has 0 bridgehead atoms. The fourth-order valence-electron chi connectivity index (χ4n) is 2.48. The molecule has 0 fully saturated rings. The lowest BCUT2D eigenvalue weighted by atomic mass is 9.98. The number of nitrogens with one attached hydrogen (secondary N) is 1. The molecule has 3 nitrogen and oxygen atoms in total. The number of aryl methyl sites for hydroxylation is 2. The van der Waals surface area contributed by atoms with Gasteiger partial charge in [0.1, 0.15) is 5.75 Å². The summed E-state index contributed by atoms with van der Waals surface area (Å²) in [5.74, 6) is 6.52. The number of hydrogen-bond acceptors (Lipinski definition) is 3. The van der Waals surface area contributed by atoms with Gasteiger partial charge >= 0.3 is 0 Å². The van der Waals surface area contributed by atoms with E-state index in [4.69, 9.17) is 22.2 Å². The van der Waals surface area contributed by atoms with Crippen LogP contribution in [0.25, 0.3) is 0 Å². The lowest BCUT2D eigenvalue weighted by molar-refractivity contribution is 0.396. The predicted octanol–water partition coefficient (Wildman–Crippen LogP) is 3.79. The maximum absolute atomic E-state index is 6.09. The van der Waals surface area contributed by atoms with E-state index in [0.29, 0.717) is 5.02 Å². The highest BCUT2D eigenvalue weighted by molar-refractivity contribution is 6.30. The standard InChI is InChI=1S/C17H21ClN2O/c1-12-4-3-5-13(10-12)6-8-16(20-19)15-11-14(18)7-9-17(15)21-2/h3-5,7,9-11,16,20H,6,8,19H2,1-2H3. The largest absolute Gasteiger partial charge is 0.496 e. The molecule has 0 aliphatic carbocycles. The van der Waals surface area contributed by atoms with Crippen molar-refractivity contribution in [3.63, 3.8) is 0 Å². The Morgan fingerprint density at radius 2 is 2.05 bits per heavy atom. The first-order valence-corrected chi connectivity index (χ1v) is 7.37. The first-order valence-electron chi connectivity index (χ1n) is 6.99. The maximum atomic E-state index is 6.09. The summed E-state index contributed by atoms with van der Waals surface area (Å²) in [4.78, 5) is 0. The summed E-state index contributed by atoms with van der Waals surface area (Å²) in [5, 5.41) is 0.682. The van der Waals surface area contributed by atoms with Crippen molar-refractivity contribution < 1.29 is 4.74 Å². The molecule has 0 amide bonds. The number of hydrazine groups is 1. The van der Waals surface area contributed by atoms with Crippen LogP contribution in [0.2, 0.25) is 5.02 Å². The first kappa shape index (κ1) is 15.8. The molecule has 0 aromatic heterocycles. The number of hydrogen-bond donors (Lipinski definition) is 2. The van der Waals surface area contributed by atoms with Crippen LogP contribution < -0.4 is 16.0 Å². The van der Waals surface area contributed by atoms with Gasteiger partial charge < -0.3 is 4.74 Å². The van der Waals surface area contributed by atoms with Crippen molar-refractivity contribution in [2.75, 3.05) is 7.11 Å². The van der Waals surface area contributed by atoms with Gasteiger partial charge in [0, 0.05) is 16.6 Å². The molecule has 2 aromatic carbocycles. The number of rotatable bonds is 6. The smallest absolute Gasteiger partial charge is 0.123 e. The summed E-state index contributed by atoms with van der Waals surface area (Å²) in [6, 6.07) is 14.1. The Balaban J connectivity index is 2.15. The molecule has 0 aliphatic heterocycles. The lowest BCUT2D eigenvalue weighted by Gasteiger charge is -2.19. The average Bonchev–Trinajstić information content (AvgIpc) is 2.48. The number of methoxy groups -OCH3 is 1. The first-order chi connectivity index (χ1) is 10.1. The summed E-state index contributed by atoms with van der Waals surface area (Å²) < 4.78 is 5.40. The molecule has 0 heterocycles. The zero-order chi connectivity index (χ0) is 15.2. The van der Waals surface area contributed by atoms with Crippen molar-refractivity contribution in [3.05, 3.63) is 64.2 Å². The highest BCUT2D eigenvalue weighted by Gasteiger charge is 2.15. The Labute approximate surface area is 131 Å². The molecule has 0 radical (unpaired) electrons. The third-order valence-corrected chi connectivity index (χ3v) is 3.81. The minimum Gasteiger partial charge on any atom is -0.496 e. The molecule has 4 heteroatoms. The summed E-state index contributed by atoms with van der Waals surface area (Å²) in [6.07, 6.45) is 1.81. The van der Waals surface area contributed by atoms with Crippen molar-refractivity contribution in [1.29, 1.82) is 0 Å². The molecule has 3 N–H and O–H groups in total. The van der Waals surface area contributed by atoms with E-state index in [1.165, 1.54) is 11.1 Å². The minimum atomic E-state index is -0.000776. The van der Waals surface area contributed by atoms with Crippen molar-refractivity contribution >= 4 is 11.6 Å². The molecule has 2 rings (SSSR count). The van der Waals surface area contributed by atoms with Crippen LogP contribution in [0, 0.1) is 6.92 Å². The summed E-state index contributed by atoms with van der Waals surface area (Å²) in [7, 11) is 1.65. The molecule has 0 aliphatic rings. The monoisotopic (exact) mass is 304 g/mol. The van der Waals surface area contributed by atoms with Crippen LogP contribution in [0.1, 0.15) is 29.2 Å². The van der Waals surface area contributed by atoms with Crippen molar-refractivity contribution in [1.82, 2.24) is 5.43 Å². The van der Waals surface area contributed by atoms with Gasteiger partial charge in [0.05, 0.1) is 7.11 Å². The molecule has 21 heavy (non-hydrogen) atoms. The molecule has 112 valence electrons. The highest BCUT2D eigenvalue weighted by Crippen LogP contribution is 2.30. The van der Waals surface area contributed by atoms with E-state index in [9.17, 15) is 0 Å². The summed E-state index contributed by atoms with van der Waals surface area (Å²) in [6.45, 7) is 2.10. The van der Waals surface area contributed by atoms with Gasteiger partial charge in [-0.15, -0.1) is 0 Å². The Hall–Kier alpha value is -1.55. The quantitative estimate of drug-likeness (QED) is 0.630. The van der Waals surface area contributed by atoms with E-state index in [0.717, 1.165) is 24.2 Å². The van der Waals surface area contributed by atoms with Crippen LogP contribution in [0.5, 0.6) is 5.75 Å². The minimum absolute atomic E-state index is 0.000776. The molecular weight excluding hydrogens is 284 g/mol. The molecule has 1 unspecified atom stereocenters. The van der Waals surface area contributed by atoms with Crippen LogP contribution in [-0.2, 0) is 6.42 Å². The highest BCUT2D eigenvalue weighted by atomic mass is 35.5. The number of halogens is 1.